The van der Waals surface area contributed by atoms with Gasteiger partial charge in [0.2, 0.25) is 0 Å². The summed E-state index contributed by atoms with van der Waals surface area (Å²) in [5.41, 5.74) is 3.55. The summed E-state index contributed by atoms with van der Waals surface area (Å²) < 4.78 is 6.22. The van der Waals surface area contributed by atoms with Crippen LogP contribution in [0.3, 0.4) is 0 Å². The maximum atomic E-state index is 11.4. The van der Waals surface area contributed by atoms with Gasteiger partial charge in [0.05, 0.1) is 24.3 Å². The van der Waals surface area contributed by atoms with Crippen LogP contribution in [0.5, 0.6) is 11.5 Å². The molecule has 3 aromatic carbocycles. The Balaban J connectivity index is 1.59. The Hall–Kier alpha value is -4.86. The number of carboxylic acid groups (broad SMARTS) is 1. The second-order valence-electron chi connectivity index (χ2n) is 8.54. The number of benzene rings is 3. The van der Waals surface area contributed by atoms with E-state index in [-0.39, 0.29) is 5.75 Å². The van der Waals surface area contributed by atoms with E-state index in [9.17, 15) is 15.0 Å². The molecule has 0 saturated heterocycles. The van der Waals surface area contributed by atoms with Crippen molar-refractivity contribution in [3.05, 3.63) is 60.8 Å². The number of hydrogen-bond donors (Lipinski definition) is 4. The summed E-state index contributed by atoms with van der Waals surface area (Å²) in [6.07, 6.45) is 2.51. The third kappa shape index (κ3) is 4.81. The molecule has 0 atom stereocenters. The van der Waals surface area contributed by atoms with Gasteiger partial charge >= 0.3 is 6.09 Å². The first kappa shape index (κ1) is 23.9. The molecule has 0 aliphatic heterocycles. The SMILES string of the molecule is CCCCNc1cccc(-c2nc(Nc3ccc4c(cnn4C(=O)O)c3)c3cc(O)c(OC)cc3n2)c1. The lowest BCUT2D eigenvalue weighted by atomic mass is 10.1. The zero-order valence-electron chi connectivity index (χ0n) is 20.4. The van der Waals surface area contributed by atoms with Crippen molar-refractivity contribution < 1.29 is 19.7 Å². The average Bonchev–Trinajstić information content (AvgIpc) is 3.32. The van der Waals surface area contributed by atoms with Crippen LogP contribution >= 0.6 is 0 Å². The first-order valence-electron chi connectivity index (χ1n) is 11.9. The first-order valence-corrected chi connectivity index (χ1v) is 11.9. The first-order chi connectivity index (χ1) is 18.0. The smallest absolute Gasteiger partial charge is 0.432 e. The molecule has 0 fully saturated rings. The van der Waals surface area contributed by atoms with E-state index in [1.165, 1.54) is 13.3 Å². The molecule has 5 aromatic rings. The van der Waals surface area contributed by atoms with Gasteiger partial charge < -0.3 is 25.6 Å². The fourth-order valence-electron chi connectivity index (χ4n) is 4.11. The van der Waals surface area contributed by atoms with Crippen molar-refractivity contribution in [2.45, 2.75) is 19.8 Å². The number of unbranched alkanes of at least 4 members (excludes halogenated alkanes) is 1. The quantitative estimate of drug-likeness (QED) is 0.195. The van der Waals surface area contributed by atoms with Gasteiger partial charge in [-0.2, -0.15) is 9.78 Å². The summed E-state index contributed by atoms with van der Waals surface area (Å²) in [5.74, 6) is 1.25. The van der Waals surface area contributed by atoms with Crippen molar-refractivity contribution in [1.82, 2.24) is 19.7 Å². The van der Waals surface area contributed by atoms with Crippen molar-refractivity contribution >= 4 is 45.1 Å². The van der Waals surface area contributed by atoms with Gasteiger partial charge in [-0.1, -0.05) is 25.5 Å². The number of fused-ring (bicyclic) bond motifs is 2. The zero-order valence-corrected chi connectivity index (χ0v) is 20.4. The molecule has 0 unspecified atom stereocenters. The lowest BCUT2D eigenvalue weighted by molar-refractivity contribution is 0.194. The second-order valence-corrected chi connectivity index (χ2v) is 8.54. The van der Waals surface area contributed by atoms with E-state index in [4.69, 9.17) is 14.7 Å². The van der Waals surface area contributed by atoms with Gasteiger partial charge in [0.1, 0.15) is 5.82 Å². The van der Waals surface area contributed by atoms with Crippen molar-refractivity contribution in [3.63, 3.8) is 0 Å². The number of nitrogens with one attached hydrogen (secondary N) is 2. The predicted octanol–water partition coefficient (Wildman–Crippen LogP) is 5.84. The molecule has 37 heavy (non-hydrogen) atoms. The van der Waals surface area contributed by atoms with Crippen LogP contribution in [0.25, 0.3) is 33.2 Å². The highest BCUT2D eigenvalue weighted by atomic mass is 16.5. The Morgan fingerprint density at radius 2 is 1.95 bits per heavy atom. The fourth-order valence-corrected chi connectivity index (χ4v) is 4.11. The van der Waals surface area contributed by atoms with E-state index in [0.29, 0.717) is 44.9 Å². The normalized spacial score (nSPS) is 11.1. The topological polar surface area (TPSA) is 134 Å². The van der Waals surface area contributed by atoms with E-state index >= 15 is 0 Å². The molecule has 10 nitrogen and oxygen atoms in total. The lowest BCUT2D eigenvalue weighted by Crippen LogP contribution is -2.08. The van der Waals surface area contributed by atoms with Gasteiger partial charge in [0.15, 0.2) is 17.3 Å². The largest absolute Gasteiger partial charge is 0.504 e. The maximum absolute atomic E-state index is 11.4. The molecule has 188 valence electrons. The third-order valence-corrected chi connectivity index (χ3v) is 5.99. The molecular formula is C27H26N6O4. The number of aromatic hydroxyl groups is 1. The van der Waals surface area contributed by atoms with Crippen LogP contribution in [0.4, 0.5) is 22.0 Å². The molecule has 0 saturated carbocycles. The summed E-state index contributed by atoms with van der Waals surface area (Å²) in [5, 5.41) is 31.7. The number of ether oxygens (including phenoxy) is 1. The van der Waals surface area contributed by atoms with E-state index in [2.05, 4.69) is 22.7 Å². The van der Waals surface area contributed by atoms with Crippen LogP contribution in [0.1, 0.15) is 19.8 Å². The summed E-state index contributed by atoms with van der Waals surface area (Å²) in [6, 6.07) is 16.4. The molecule has 4 N–H and O–H groups in total. The molecule has 0 bridgehead atoms. The lowest BCUT2D eigenvalue weighted by Gasteiger charge is -2.14. The van der Waals surface area contributed by atoms with Crippen LogP contribution in [0.2, 0.25) is 0 Å². The highest BCUT2D eigenvalue weighted by molar-refractivity contribution is 5.96. The second kappa shape index (κ2) is 10.0. The van der Waals surface area contributed by atoms with Crippen LogP contribution in [0.15, 0.2) is 60.8 Å². The standard InChI is InChI=1S/C27H26N6O4/c1-3-4-10-28-18-7-5-6-16(11-18)25-31-21-14-24(37-2)23(34)13-20(21)26(32-25)30-19-8-9-22-17(12-19)15-29-33(22)27(35)36/h5-9,11-15,28,34H,3-4,10H2,1-2H3,(H,35,36)(H,30,31,32). The van der Waals surface area contributed by atoms with Crippen LogP contribution in [-0.4, -0.2) is 49.7 Å². The average molecular weight is 499 g/mol. The van der Waals surface area contributed by atoms with Gasteiger partial charge in [-0.15, -0.1) is 0 Å². The van der Waals surface area contributed by atoms with E-state index in [1.807, 2.05) is 24.3 Å². The molecule has 10 heteroatoms. The van der Waals surface area contributed by atoms with Crippen molar-refractivity contribution in [2.24, 2.45) is 0 Å². The van der Waals surface area contributed by atoms with Gasteiger partial charge in [0.25, 0.3) is 0 Å². The highest BCUT2D eigenvalue weighted by Crippen LogP contribution is 2.36. The fraction of sp³-hybridized carbons (Fsp3) is 0.185. The Kier molecular flexibility index (Phi) is 6.46. The minimum absolute atomic E-state index is 0.0327. The minimum Gasteiger partial charge on any atom is -0.504 e. The maximum Gasteiger partial charge on any atom is 0.432 e. The van der Waals surface area contributed by atoms with Crippen LogP contribution < -0.4 is 15.4 Å². The Morgan fingerprint density at radius 3 is 2.73 bits per heavy atom. The minimum atomic E-state index is -1.15. The highest BCUT2D eigenvalue weighted by Gasteiger charge is 2.15. The number of hydrogen-bond acceptors (Lipinski definition) is 8. The molecule has 0 amide bonds. The van der Waals surface area contributed by atoms with Gasteiger partial charge in [-0.3, -0.25) is 0 Å². The number of rotatable bonds is 8. The monoisotopic (exact) mass is 498 g/mol. The Labute approximate surface area is 212 Å². The molecule has 2 heterocycles. The summed E-state index contributed by atoms with van der Waals surface area (Å²) in [7, 11) is 1.49. The molecule has 0 aliphatic carbocycles. The number of anilines is 3. The van der Waals surface area contributed by atoms with Crippen LogP contribution in [-0.2, 0) is 0 Å². The molecule has 2 aromatic heterocycles. The van der Waals surface area contributed by atoms with Crippen LogP contribution in [0, 0.1) is 0 Å². The molecule has 0 spiro atoms. The Morgan fingerprint density at radius 1 is 1.08 bits per heavy atom. The van der Waals surface area contributed by atoms with Crippen molar-refractivity contribution in [3.8, 4) is 22.9 Å². The summed E-state index contributed by atoms with van der Waals surface area (Å²) >= 11 is 0. The third-order valence-electron chi connectivity index (χ3n) is 5.99. The number of aromatic nitrogens is 4. The van der Waals surface area contributed by atoms with Gasteiger partial charge in [-0.05, 0) is 42.8 Å². The van der Waals surface area contributed by atoms with Crippen molar-refractivity contribution in [2.75, 3.05) is 24.3 Å². The summed E-state index contributed by atoms with van der Waals surface area (Å²) in [6.45, 7) is 3.03. The molecule has 5 rings (SSSR count). The number of methoxy groups -OCH3 is 1. The number of phenols is 1. The number of carbonyl (C=O) groups is 1. The summed E-state index contributed by atoms with van der Waals surface area (Å²) in [4.78, 5) is 20.9. The molecular weight excluding hydrogens is 472 g/mol. The number of nitrogens with zero attached hydrogens (tertiary/aromatic N) is 4. The zero-order chi connectivity index (χ0) is 25.9. The van der Waals surface area contributed by atoms with E-state index in [1.54, 1.807) is 30.3 Å². The van der Waals surface area contributed by atoms with E-state index in [0.717, 1.165) is 35.3 Å². The van der Waals surface area contributed by atoms with Gasteiger partial charge in [-0.25, -0.2) is 14.8 Å². The predicted molar refractivity (Wildman–Crippen MR) is 143 cm³/mol. The van der Waals surface area contributed by atoms with Gasteiger partial charge in [0, 0.05) is 40.3 Å². The molecule has 0 radical (unpaired) electrons. The number of phenolic OH excluding ortho intramolecular Hbond substituents is 1. The molecule has 0 aliphatic rings. The van der Waals surface area contributed by atoms with Crippen molar-refractivity contribution in [1.29, 1.82) is 0 Å². The Bertz CT molecular complexity index is 1610. The van der Waals surface area contributed by atoms with E-state index < -0.39 is 6.09 Å².